The van der Waals surface area contributed by atoms with E-state index in [9.17, 15) is 9.59 Å². The number of aryl methyl sites for hydroxylation is 1. The van der Waals surface area contributed by atoms with E-state index in [0.717, 1.165) is 16.8 Å². The van der Waals surface area contributed by atoms with Crippen LogP contribution >= 0.6 is 11.8 Å². The first-order chi connectivity index (χ1) is 11.6. The van der Waals surface area contributed by atoms with Crippen LogP contribution in [0.2, 0.25) is 0 Å². The fourth-order valence-electron chi connectivity index (χ4n) is 1.96. The highest BCUT2D eigenvalue weighted by Crippen LogP contribution is 2.10. The van der Waals surface area contributed by atoms with Gasteiger partial charge in [-0.3, -0.25) is 14.4 Å². The molecule has 0 unspecified atom stereocenters. The number of thioether (sulfide) groups is 1. The summed E-state index contributed by atoms with van der Waals surface area (Å²) in [5.41, 5.74) is 5.19. The van der Waals surface area contributed by atoms with Crippen LogP contribution in [0.25, 0.3) is 0 Å². The molecule has 0 saturated carbocycles. The maximum Gasteiger partial charge on any atom is 0.253 e. The molecule has 0 aliphatic heterocycles. The Morgan fingerprint density at radius 2 is 1.75 bits per heavy atom. The molecule has 2 amide bonds. The molecule has 2 rings (SSSR count). The summed E-state index contributed by atoms with van der Waals surface area (Å²) in [5.74, 6) is -0.0290. The summed E-state index contributed by atoms with van der Waals surface area (Å²) in [6, 6.07) is 17.1. The predicted molar refractivity (Wildman–Crippen MR) is 96.5 cm³/mol. The molecule has 6 heteroatoms. The molecule has 2 aromatic rings. The van der Waals surface area contributed by atoms with Gasteiger partial charge in [0.2, 0.25) is 5.91 Å². The summed E-state index contributed by atoms with van der Waals surface area (Å²) >= 11 is 1.24. The van der Waals surface area contributed by atoms with Gasteiger partial charge < -0.3 is 5.32 Å². The van der Waals surface area contributed by atoms with Crippen molar-refractivity contribution in [1.82, 2.24) is 5.48 Å². The molecule has 0 aromatic heterocycles. The van der Waals surface area contributed by atoms with E-state index < -0.39 is 0 Å². The second-order valence-corrected chi connectivity index (χ2v) is 6.20. The van der Waals surface area contributed by atoms with Crippen LogP contribution < -0.4 is 10.8 Å². The lowest BCUT2D eigenvalue weighted by molar-refractivity contribution is -0.131. The maximum absolute atomic E-state index is 11.8. The Kier molecular flexibility index (Phi) is 7.32. The molecule has 24 heavy (non-hydrogen) atoms. The van der Waals surface area contributed by atoms with Gasteiger partial charge in [-0.1, -0.05) is 42.5 Å². The van der Waals surface area contributed by atoms with Crippen LogP contribution in [-0.2, 0) is 21.0 Å². The smallest absolute Gasteiger partial charge is 0.253 e. The lowest BCUT2D eigenvalue weighted by atomic mass is 10.2. The van der Waals surface area contributed by atoms with Crippen LogP contribution in [0.5, 0.6) is 0 Å². The van der Waals surface area contributed by atoms with Gasteiger partial charge in [0.1, 0.15) is 0 Å². The van der Waals surface area contributed by atoms with Crippen molar-refractivity contribution >= 4 is 29.3 Å². The number of rotatable bonds is 8. The van der Waals surface area contributed by atoms with Crippen molar-refractivity contribution in [2.24, 2.45) is 0 Å². The number of carbonyl (C=O) groups excluding carboxylic acids is 2. The number of hydroxylamine groups is 1. The Hall–Kier alpha value is -2.31. The number of carbonyl (C=O) groups is 2. The van der Waals surface area contributed by atoms with Crippen molar-refractivity contribution in [3.8, 4) is 0 Å². The molecule has 0 aliphatic rings. The van der Waals surface area contributed by atoms with Crippen LogP contribution in [0.1, 0.15) is 11.1 Å². The van der Waals surface area contributed by atoms with Crippen LogP contribution in [0.15, 0.2) is 54.6 Å². The molecule has 0 radical (unpaired) electrons. The minimum Gasteiger partial charge on any atom is -0.325 e. The van der Waals surface area contributed by atoms with Crippen molar-refractivity contribution in [2.45, 2.75) is 13.5 Å². The third kappa shape index (κ3) is 6.85. The molecule has 2 N–H and O–H groups in total. The lowest BCUT2D eigenvalue weighted by Crippen LogP contribution is -2.26. The molecule has 126 valence electrons. The van der Waals surface area contributed by atoms with E-state index in [1.165, 1.54) is 11.8 Å². The average Bonchev–Trinajstić information content (AvgIpc) is 2.56. The Balaban J connectivity index is 1.59. The summed E-state index contributed by atoms with van der Waals surface area (Å²) in [5, 5.41) is 2.80. The number of benzene rings is 2. The SMILES string of the molecule is Cc1cccc(NC(=O)CSCC(=O)NOCc2ccccc2)c1. The molecular formula is C18H20N2O3S. The first-order valence-electron chi connectivity index (χ1n) is 7.52. The van der Waals surface area contributed by atoms with Crippen LogP contribution in [0.4, 0.5) is 5.69 Å². The Bertz CT molecular complexity index is 677. The number of hydrogen-bond donors (Lipinski definition) is 2. The van der Waals surface area contributed by atoms with Crippen LogP contribution in [-0.4, -0.2) is 23.3 Å². The fraction of sp³-hybridized carbons (Fsp3) is 0.222. The second-order valence-electron chi connectivity index (χ2n) is 5.21. The van der Waals surface area contributed by atoms with Gasteiger partial charge in [0.05, 0.1) is 18.1 Å². The highest BCUT2D eigenvalue weighted by molar-refractivity contribution is 8.00. The highest BCUT2D eigenvalue weighted by atomic mass is 32.2. The zero-order chi connectivity index (χ0) is 17.2. The van der Waals surface area contributed by atoms with Crippen molar-refractivity contribution in [3.63, 3.8) is 0 Å². The lowest BCUT2D eigenvalue weighted by Gasteiger charge is -2.07. The summed E-state index contributed by atoms with van der Waals surface area (Å²) in [4.78, 5) is 28.6. The van der Waals surface area contributed by atoms with E-state index in [1.807, 2.05) is 61.5 Å². The van der Waals surface area contributed by atoms with Gasteiger partial charge in [0.15, 0.2) is 0 Å². The van der Waals surface area contributed by atoms with E-state index in [0.29, 0.717) is 6.61 Å². The standard InChI is InChI=1S/C18H20N2O3S/c1-14-6-5-9-16(10-14)19-17(21)12-24-13-18(22)20-23-11-15-7-3-2-4-8-15/h2-10H,11-13H2,1H3,(H,19,21)(H,20,22). The molecule has 0 atom stereocenters. The van der Waals surface area contributed by atoms with Crippen LogP contribution in [0.3, 0.4) is 0 Å². The minimum absolute atomic E-state index is 0.136. The van der Waals surface area contributed by atoms with E-state index in [1.54, 1.807) is 0 Å². The first kappa shape index (κ1) is 18.0. The fourth-order valence-corrected chi connectivity index (χ4v) is 2.56. The van der Waals surface area contributed by atoms with E-state index >= 15 is 0 Å². The summed E-state index contributed by atoms with van der Waals surface area (Å²) in [6.45, 7) is 2.27. The van der Waals surface area contributed by atoms with Gasteiger partial charge in [-0.2, -0.15) is 0 Å². The first-order valence-corrected chi connectivity index (χ1v) is 8.68. The Morgan fingerprint density at radius 3 is 2.50 bits per heavy atom. The van der Waals surface area contributed by atoms with Gasteiger partial charge in [-0.05, 0) is 30.2 Å². The highest BCUT2D eigenvalue weighted by Gasteiger charge is 2.06. The maximum atomic E-state index is 11.8. The second kappa shape index (κ2) is 9.75. The largest absolute Gasteiger partial charge is 0.325 e. The summed E-state index contributed by atoms with van der Waals surface area (Å²) < 4.78 is 0. The van der Waals surface area contributed by atoms with Gasteiger partial charge in [-0.25, -0.2) is 5.48 Å². The minimum atomic E-state index is -0.265. The van der Waals surface area contributed by atoms with Gasteiger partial charge >= 0.3 is 0 Å². The normalized spacial score (nSPS) is 10.2. The molecule has 2 aromatic carbocycles. The van der Waals surface area contributed by atoms with Crippen molar-refractivity contribution < 1.29 is 14.4 Å². The molecule has 0 saturated heterocycles. The van der Waals surface area contributed by atoms with Crippen molar-refractivity contribution in [1.29, 1.82) is 0 Å². The Morgan fingerprint density at radius 1 is 1.00 bits per heavy atom. The van der Waals surface area contributed by atoms with E-state index in [-0.39, 0.29) is 23.3 Å². The third-order valence-corrected chi connectivity index (χ3v) is 3.97. The molecule has 0 heterocycles. The predicted octanol–water partition coefficient (Wildman–Crippen LogP) is 2.91. The molecule has 0 fully saturated rings. The topological polar surface area (TPSA) is 67.4 Å². The van der Waals surface area contributed by atoms with Crippen molar-refractivity contribution in [2.75, 3.05) is 16.8 Å². The monoisotopic (exact) mass is 344 g/mol. The summed E-state index contributed by atoms with van der Waals surface area (Å²) in [6.07, 6.45) is 0. The zero-order valence-corrected chi connectivity index (χ0v) is 14.3. The number of anilines is 1. The van der Waals surface area contributed by atoms with Crippen molar-refractivity contribution in [3.05, 3.63) is 65.7 Å². The zero-order valence-electron chi connectivity index (χ0n) is 13.5. The number of amides is 2. The quantitative estimate of drug-likeness (QED) is 0.723. The van der Waals surface area contributed by atoms with Gasteiger partial charge in [-0.15, -0.1) is 11.8 Å². The van der Waals surface area contributed by atoms with E-state index in [2.05, 4.69) is 10.8 Å². The van der Waals surface area contributed by atoms with Crippen LogP contribution in [0, 0.1) is 6.92 Å². The summed E-state index contributed by atoms with van der Waals surface area (Å²) in [7, 11) is 0. The molecule has 0 aliphatic carbocycles. The van der Waals surface area contributed by atoms with Gasteiger partial charge in [0, 0.05) is 5.69 Å². The number of nitrogens with one attached hydrogen (secondary N) is 2. The Labute approximate surface area is 145 Å². The third-order valence-electron chi connectivity index (χ3n) is 3.04. The average molecular weight is 344 g/mol. The molecule has 0 spiro atoms. The van der Waals surface area contributed by atoms with E-state index in [4.69, 9.17) is 4.84 Å². The molecule has 5 nitrogen and oxygen atoms in total. The van der Waals surface area contributed by atoms with Gasteiger partial charge in [0.25, 0.3) is 5.91 Å². The molecular weight excluding hydrogens is 324 g/mol. The molecule has 0 bridgehead atoms. The number of hydrogen-bond acceptors (Lipinski definition) is 4.